The van der Waals surface area contributed by atoms with Gasteiger partial charge in [0.25, 0.3) is 0 Å². The number of aliphatic hydroxyl groups excluding tert-OH is 1. The molecule has 3 N–H and O–H groups in total. The van der Waals surface area contributed by atoms with E-state index in [-0.39, 0.29) is 32.3 Å². The number of hydrogen-bond donors (Lipinski definition) is 3. The molecule has 0 fully saturated rings. The molecule has 0 aromatic heterocycles. The third kappa shape index (κ3) is 43.8. The summed E-state index contributed by atoms with van der Waals surface area (Å²) in [6.07, 6.45) is 34.3. The van der Waals surface area contributed by atoms with Gasteiger partial charge in [-0.2, -0.15) is 0 Å². The summed E-state index contributed by atoms with van der Waals surface area (Å²) in [7, 11) is -3.79. The van der Waals surface area contributed by atoms with E-state index >= 15 is 0 Å². The van der Waals surface area contributed by atoms with Crippen molar-refractivity contribution in [1.29, 1.82) is 0 Å². The highest BCUT2D eigenvalue weighted by Gasteiger charge is 2.28. The van der Waals surface area contributed by atoms with Crippen LogP contribution in [0.4, 0.5) is 0 Å². The van der Waals surface area contributed by atoms with Crippen LogP contribution in [0.2, 0.25) is 0 Å². The zero-order valence-corrected chi connectivity index (χ0v) is 37.8. The van der Waals surface area contributed by atoms with Gasteiger partial charge in [-0.1, -0.05) is 181 Å². The van der Waals surface area contributed by atoms with Gasteiger partial charge in [-0.05, 0) is 32.1 Å². The summed E-state index contributed by atoms with van der Waals surface area (Å²) in [5.41, 5.74) is 0. The summed E-state index contributed by atoms with van der Waals surface area (Å²) in [4.78, 5) is 22.9. The molecule has 11 heteroatoms. The first kappa shape index (κ1) is 56.8. The van der Waals surface area contributed by atoms with Gasteiger partial charge in [0.2, 0.25) is 5.91 Å². The lowest BCUT2D eigenvalue weighted by molar-refractivity contribution is -0.137. The molecule has 0 aliphatic heterocycles. The molecule has 1 amide bonds. The van der Waals surface area contributed by atoms with Crippen molar-refractivity contribution >= 4 is 19.7 Å². The number of hydrogen-bond acceptors (Lipinski definition) is 8. The van der Waals surface area contributed by atoms with Gasteiger partial charge >= 0.3 is 13.8 Å². The van der Waals surface area contributed by atoms with Crippen molar-refractivity contribution < 1.29 is 42.7 Å². The normalized spacial score (nSPS) is 13.4. The number of nitrogens with one attached hydrogen (secondary N) is 1. The van der Waals surface area contributed by atoms with Gasteiger partial charge in [-0.3, -0.25) is 23.2 Å². The lowest BCUT2D eigenvalue weighted by Gasteiger charge is -2.23. The number of aliphatic hydroxyl groups is 1. The number of carbonyl (C=O) groups excluding carboxylic acids is 1. The van der Waals surface area contributed by atoms with Crippen molar-refractivity contribution in [3.05, 3.63) is 12.7 Å². The summed E-state index contributed by atoms with van der Waals surface area (Å²) in [5.74, 6) is -0.737. The molecule has 0 bridgehead atoms. The largest absolute Gasteiger partial charge is 0.481 e. The second kappa shape index (κ2) is 44.8. The Balaban J connectivity index is 0. The topological polar surface area (TPSA) is 141 Å². The number of carboxylic acid groups (broad SMARTS) is 1. The number of carboxylic acids is 1. The molecule has 0 aliphatic carbocycles. The van der Waals surface area contributed by atoms with E-state index < -0.39 is 25.9 Å². The van der Waals surface area contributed by atoms with E-state index in [0.29, 0.717) is 32.3 Å². The molecule has 0 aromatic carbocycles. The van der Waals surface area contributed by atoms with Crippen LogP contribution in [0.3, 0.4) is 0 Å². The van der Waals surface area contributed by atoms with Crippen LogP contribution in [-0.2, 0) is 32.5 Å². The van der Waals surface area contributed by atoms with Crippen LogP contribution in [0, 0.1) is 0 Å². The molecule has 0 saturated heterocycles. The number of unbranched alkanes of at least 4 members (excludes halogenated alkanes) is 22. The predicted octanol–water partition coefficient (Wildman–Crippen LogP) is 13.0. The highest BCUT2D eigenvalue weighted by atomic mass is 31.2. The van der Waals surface area contributed by atoms with Crippen molar-refractivity contribution in [2.75, 3.05) is 33.0 Å². The molecule has 0 heterocycles. The molecule has 0 radical (unpaired) electrons. The molecular weight excluding hydrogens is 729 g/mol. The number of aliphatic carboxylic acids is 1. The minimum Gasteiger partial charge on any atom is -0.481 e. The Morgan fingerprint density at radius 3 is 1.52 bits per heavy atom. The van der Waals surface area contributed by atoms with Gasteiger partial charge in [0.15, 0.2) is 0 Å². The number of amides is 1. The Labute approximate surface area is 345 Å². The van der Waals surface area contributed by atoms with Crippen LogP contribution in [-0.4, -0.2) is 67.3 Å². The van der Waals surface area contributed by atoms with Gasteiger partial charge in [-0.25, -0.2) is 4.57 Å². The van der Waals surface area contributed by atoms with Crippen molar-refractivity contribution in [3.63, 3.8) is 0 Å². The van der Waals surface area contributed by atoms with E-state index in [9.17, 15) is 19.3 Å². The molecule has 0 rings (SSSR count). The van der Waals surface area contributed by atoms with Crippen LogP contribution in [0.25, 0.3) is 0 Å². The van der Waals surface area contributed by atoms with E-state index in [2.05, 4.69) is 32.7 Å². The highest BCUT2D eigenvalue weighted by Crippen LogP contribution is 2.49. The monoisotopic (exact) mass is 820 g/mol. The summed E-state index contributed by atoms with van der Waals surface area (Å²) in [6.45, 7) is 12.9. The molecular formula is C45H90NO9P. The third-order valence-electron chi connectivity index (χ3n) is 9.66. The summed E-state index contributed by atoms with van der Waals surface area (Å²) in [6, 6.07) is -0.512. The highest BCUT2D eigenvalue weighted by molar-refractivity contribution is 7.48. The quantitative estimate of drug-likeness (QED) is 0.0311. The molecule has 3 atom stereocenters. The maximum absolute atomic E-state index is 13.0. The van der Waals surface area contributed by atoms with Crippen LogP contribution in [0.5, 0.6) is 0 Å². The van der Waals surface area contributed by atoms with E-state index in [1.54, 1.807) is 0 Å². The maximum atomic E-state index is 13.0. The number of ether oxygens (including phenoxy) is 1. The number of phosphoric ester groups is 1. The standard InChI is InChI=1S/C33H66NO7P.C12H24O2/c1-5-9-11-13-14-15-16-17-18-20-22-24-33(36)34-31(30-41-42(37,39-26-7-3)40-27-8-4)29-38-28-25-32(35)23-21-19-12-10-6-2;1-2-3-4-5-6-7-8-9-10-11-12(13)14/h7,31-32,35H,3,5-6,8-30H2,1-2,4H3,(H,34,36);2-11H2,1H3,(H,13,14)/t31-,32+,42?;/m0./s1. The zero-order chi connectivity index (χ0) is 41.8. The fourth-order valence-corrected chi connectivity index (χ4v) is 7.46. The second-order valence-corrected chi connectivity index (χ2v) is 17.1. The van der Waals surface area contributed by atoms with E-state index in [1.807, 2.05) is 6.92 Å². The van der Waals surface area contributed by atoms with Crippen LogP contribution in [0.1, 0.15) is 220 Å². The van der Waals surface area contributed by atoms with Crippen molar-refractivity contribution in [2.45, 2.75) is 232 Å². The lowest BCUT2D eigenvalue weighted by atomic mass is 10.1. The van der Waals surface area contributed by atoms with E-state index in [0.717, 1.165) is 51.4 Å². The molecule has 56 heavy (non-hydrogen) atoms. The maximum Gasteiger partial charge on any atom is 0.475 e. The van der Waals surface area contributed by atoms with Gasteiger partial charge in [0, 0.05) is 19.4 Å². The predicted molar refractivity (Wildman–Crippen MR) is 233 cm³/mol. The average Bonchev–Trinajstić information content (AvgIpc) is 3.18. The Kier molecular flexibility index (Phi) is 45.5. The molecule has 1 unspecified atom stereocenters. The Bertz CT molecular complexity index is 907. The fourth-order valence-electron chi connectivity index (χ4n) is 6.18. The molecule has 10 nitrogen and oxygen atoms in total. The third-order valence-corrected chi connectivity index (χ3v) is 11.1. The van der Waals surface area contributed by atoms with Crippen molar-refractivity contribution in [3.8, 4) is 0 Å². The molecule has 334 valence electrons. The van der Waals surface area contributed by atoms with Crippen LogP contribution in [0.15, 0.2) is 12.7 Å². The molecule has 0 spiro atoms. The smallest absolute Gasteiger partial charge is 0.475 e. The fraction of sp³-hybridized carbons (Fsp3) is 0.911. The minimum absolute atomic E-state index is 0.0315. The van der Waals surface area contributed by atoms with Crippen molar-refractivity contribution in [1.82, 2.24) is 5.32 Å². The Morgan fingerprint density at radius 1 is 0.589 bits per heavy atom. The summed E-state index contributed by atoms with van der Waals surface area (Å²) >= 11 is 0. The number of rotatable bonds is 43. The number of carbonyl (C=O) groups is 2. The first-order valence-corrected chi connectivity index (χ1v) is 24.5. The van der Waals surface area contributed by atoms with Crippen molar-refractivity contribution in [2.24, 2.45) is 0 Å². The first-order valence-electron chi connectivity index (χ1n) is 23.1. The van der Waals surface area contributed by atoms with Crippen LogP contribution < -0.4 is 5.32 Å². The second-order valence-electron chi connectivity index (χ2n) is 15.4. The van der Waals surface area contributed by atoms with Gasteiger partial charge < -0.3 is 20.3 Å². The molecule has 0 aliphatic rings. The van der Waals surface area contributed by atoms with Crippen LogP contribution >= 0.6 is 7.82 Å². The number of phosphoric acid groups is 1. The van der Waals surface area contributed by atoms with Gasteiger partial charge in [-0.15, -0.1) is 6.58 Å². The lowest BCUT2D eigenvalue weighted by Crippen LogP contribution is -2.41. The van der Waals surface area contributed by atoms with E-state index in [4.69, 9.17) is 23.4 Å². The SMILES string of the molecule is C=CCOP(=O)(OCCC)OC[C@H](COCC[C@H](O)CCCCCCC)NC(=O)CCCCCCCCCCCCC.CCCCCCCCCCCC(=O)O. The minimum atomic E-state index is -3.79. The Hall–Kier alpha value is -1.29. The van der Waals surface area contributed by atoms with E-state index in [1.165, 1.54) is 122 Å². The molecule has 0 aromatic rings. The Morgan fingerprint density at radius 2 is 1.05 bits per heavy atom. The summed E-state index contributed by atoms with van der Waals surface area (Å²) < 4.78 is 35.1. The average molecular weight is 820 g/mol. The summed E-state index contributed by atoms with van der Waals surface area (Å²) in [5, 5.41) is 21.7. The van der Waals surface area contributed by atoms with Gasteiger partial charge in [0.1, 0.15) is 0 Å². The van der Waals surface area contributed by atoms with Gasteiger partial charge in [0.05, 0.1) is 38.6 Å². The molecule has 0 saturated carbocycles. The first-order chi connectivity index (χ1) is 27.2. The zero-order valence-electron chi connectivity index (χ0n) is 36.9.